The van der Waals surface area contributed by atoms with Crippen LogP contribution in [0.2, 0.25) is 0 Å². The summed E-state index contributed by atoms with van der Waals surface area (Å²) in [5.41, 5.74) is 0. The number of hydrogen-bond donors (Lipinski definition) is 9. The van der Waals surface area contributed by atoms with Crippen LogP contribution < -0.4 is 0 Å². The zero-order valence-electron chi connectivity index (χ0n) is 13.7. The first-order chi connectivity index (χ1) is 12.5. The molecule has 0 radical (unpaired) electrons. The summed E-state index contributed by atoms with van der Waals surface area (Å²) in [6, 6.07) is 0. The topological polar surface area (TPSA) is 236 Å². The minimum atomic E-state index is -5.10. The Hall–Kier alpha value is -0.290. The summed E-state index contributed by atoms with van der Waals surface area (Å²) in [4.78, 5) is 17.6. The average Bonchev–Trinajstić information content (AvgIpc) is 2.60. The fourth-order valence-electron chi connectivity index (χ4n) is 2.78. The lowest BCUT2D eigenvalue weighted by atomic mass is 9.97. The van der Waals surface area contributed by atoms with Crippen LogP contribution in [-0.2, 0) is 23.3 Å². The van der Waals surface area contributed by atoms with Gasteiger partial charge < -0.3 is 59.7 Å². The van der Waals surface area contributed by atoms with E-state index in [9.17, 15) is 35.2 Å². The highest BCUT2D eigenvalue weighted by Gasteiger charge is 2.51. The number of ether oxygens (including phenoxy) is 3. The fraction of sp³-hybridized carbons (Fsp3) is 1.00. The van der Waals surface area contributed by atoms with Gasteiger partial charge in [-0.1, -0.05) is 0 Å². The van der Waals surface area contributed by atoms with Crippen molar-refractivity contribution in [2.75, 3.05) is 13.2 Å². The molecule has 9 N–H and O–H groups in total. The molecule has 0 aliphatic carbocycles. The van der Waals surface area contributed by atoms with Crippen molar-refractivity contribution in [3.05, 3.63) is 0 Å². The van der Waals surface area contributed by atoms with Crippen LogP contribution in [0.3, 0.4) is 0 Å². The largest absolute Gasteiger partial charge is 0.472 e. The SMILES string of the molecule is O=P(O)(O)OC1O[C@H](CO)[C@@H](OC2O[C@H](CO)[C@@H](O)[C@H](O)[C@H]2O)[C@H](O)[C@H]1O. The maximum Gasteiger partial charge on any atom is 0.472 e. The van der Waals surface area contributed by atoms with Crippen LogP contribution in [-0.4, -0.2) is 120 Å². The van der Waals surface area contributed by atoms with E-state index in [0.717, 1.165) is 0 Å². The number of hydrogen-bond acceptors (Lipinski definition) is 12. The Balaban J connectivity index is 2.14. The van der Waals surface area contributed by atoms with Gasteiger partial charge in [-0.2, -0.15) is 0 Å². The highest BCUT2D eigenvalue weighted by Crippen LogP contribution is 2.41. The average molecular weight is 422 g/mol. The molecule has 0 aromatic rings. The summed E-state index contributed by atoms with van der Waals surface area (Å²) in [7, 11) is -5.10. The van der Waals surface area contributed by atoms with Crippen LogP contribution in [0.4, 0.5) is 0 Å². The van der Waals surface area contributed by atoms with Crippen LogP contribution in [0.5, 0.6) is 0 Å². The Bertz CT molecular complexity index is 524. The molecule has 14 nitrogen and oxygen atoms in total. The van der Waals surface area contributed by atoms with Crippen LogP contribution in [0.1, 0.15) is 0 Å². The maximum absolute atomic E-state index is 10.9. The molecular weight excluding hydrogens is 399 g/mol. The molecule has 15 heteroatoms. The normalized spacial score (nSPS) is 46.4. The van der Waals surface area contributed by atoms with E-state index in [1.54, 1.807) is 0 Å². The van der Waals surface area contributed by atoms with Gasteiger partial charge in [-0.05, 0) is 0 Å². The van der Waals surface area contributed by atoms with Gasteiger partial charge in [0, 0.05) is 0 Å². The zero-order valence-corrected chi connectivity index (χ0v) is 14.6. The zero-order chi connectivity index (χ0) is 20.5. The molecule has 2 aliphatic heterocycles. The minimum Gasteiger partial charge on any atom is -0.394 e. The quantitative estimate of drug-likeness (QED) is 0.182. The minimum absolute atomic E-state index is 0.737. The van der Waals surface area contributed by atoms with Gasteiger partial charge in [-0.3, -0.25) is 4.52 Å². The molecular formula is C12H23O14P. The summed E-state index contributed by atoms with van der Waals surface area (Å²) in [6.45, 7) is -1.59. The predicted molar refractivity (Wildman–Crippen MR) is 79.5 cm³/mol. The molecule has 2 fully saturated rings. The second kappa shape index (κ2) is 9.02. The highest BCUT2D eigenvalue weighted by atomic mass is 31.2. The van der Waals surface area contributed by atoms with E-state index in [-0.39, 0.29) is 0 Å². The molecule has 0 aromatic carbocycles. The first-order valence-corrected chi connectivity index (χ1v) is 9.35. The van der Waals surface area contributed by atoms with Crippen molar-refractivity contribution >= 4 is 7.82 Å². The fourth-order valence-corrected chi connectivity index (χ4v) is 3.22. The number of phosphoric acid groups is 1. The molecule has 0 aromatic heterocycles. The maximum atomic E-state index is 10.9. The molecule has 27 heavy (non-hydrogen) atoms. The first kappa shape index (κ1) is 23.0. The van der Waals surface area contributed by atoms with Gasteiger partial charge in [0.05, 0.1) is 13.2 Å². The Kier molecular flexibility index (Phi) is 7.68. The monoisotopic (exact) mass is 422 g/mol. The molecule has 0 bridgehead atoms. The number of phosphoric ester groups is 1. The lowest BCUT2D eigenvalue weighted by molar-refractivity contribution is -0.353. The summed E-state index contributed by atoms with van der Waals surface area (Å²) >= 11 is 0. The third kappa shape index (κ3) is 5.20. The van der Waals surface area contributed by atoms with E-state index in [1.807, 2.05) is 0 Å². The molecule has 2 heterocycles. The Labute approximate surface area is 152 Å². The van der Waals surface area contributed by atoms with Crippen molar-refractivity contribution in [1.82, 2.24) is 0 Å². The highest BCUT2D eigenvalue weighted by molar-refractivity contribution is 7.46. The van der Waals surface area contributed by atoms with Gasteiger partial charge in [-0.25, -0.2) is 4.57 Å². The van der Waals surface area contributed by atoms with Crippen LogP contribution in [0, 0.1) is 0 Å². The van der Waals surface area contributed by atoms with Gasteiger partial charge >= 0.3 is 7.82 Å². The Morgan fingerprint density at radius 1 is 0.741 bits per heavy atom. The van der Waals surface area contributed by atoms with Crippen molar-refractivity contribution in [3.63, 3.8) is 0 Å². The molecule has 2 saturated heterocycles. The van der Waals surface area contributed by atoms with Crippen molar-refractivity contribution in [2.24, 2.45) is 0 Å². The molecule has 2 rings (SSSR count). The van der Waals surface area contributed by atoms with Gasteiger partial charge in [0.15, 0.2) is 12.6 Å². The molecule has 0 saturated carbocycles. The number of rotatable bonds is 6. The van der Waals surface area contributed by atoms with Crippen LogP contribution in [0.25, 0.3) is 0 Å². The standard InChI is InChI=1S/C12H23O14P/c13-1-3-5(15)6(16)8(18)11(23-3)25-10-4(2-14)24-12(9(19)7(10)17)26-27(20,21)22/h3-19H,1-2H2,(H2,20,21,22)/t3-,4-,5-,6+,7-,8-,9-,10-,11?,12?/m1/s1. The second-order valence-electron chi connectivity index (χ2n) is 6.10. The molecule has 0 spiro atoms. The number of aliphatic hydroxyl groups excluding tert-OH is 7. The molecule has 160 valence electrons. The summed E-state index contributed by atoms with van der Waals surface area (Å²) in [6.07, 6.45) is -17.3. The first-order valence-electron chi connectivity index (χ1n) is 7.82. The molecule has 2 unspecified atom stereocenters. The lowest BCUT2D eigenvalue weighted by Gasteiger charge is -2.45. The second-order valence-corrected chi connectivity index (χ2v) is 7.29. The van der Waals surface area contributed by atoms with Crippen molar-refractivity contribution in [1.29, 1.82) is 0 Å². The van der Waals surface area contributed by atoms with Crippen LogP contribution >= 0.6 is 7.82 Å². The van der Waals surface area contributed by atoms with Crippen LogP contribution in [0.15, 0.2) is 0 Å². The molecule has 2 aliphatic rings. The summed E-state index contributed by atoms with van der Waals surface area (Å²) < 4.78 is 30.4. The van der Waals surface area contributed by atoms with Gasteiger partial charge in [0.25, 0.3) is 0 Å². The smallest absolute Gasteiger partial charge is 0.394 e. The van der Waals surface area contributed by atoms with Gasteiger partial charge in [-0.15, -0.1) is 0 Å². The third-order valence-electron chi connectivity index (χ3n) is 4.20. The van der Waals surface area contributed by atoms with Gasteiger partial charge in [0.1, 0.15) is 48.8 Å². The van der Waals surface area contributed by atoms with Crippen molar-refractivity contribution in [2.45, 2.75) is 61.4 Å². The Morgan fingerprint density at radius 3 is 1.78 bits per heavy atom. The van der Waals surface area contributed by atoms with E-state index in [1.165, 1.54) is 0 Å². The predicted octanol–water partition coefficient (Wildman–Crippen LogP) is -5.28. The van der Waals surface area contributed by atoms with E-state index in [0.29, 0.717) is 0 Å². The van der Waals surface area contributed by atoms with Gasteiger partial charge in [0.2, 0.25) is 0 Å². The molecule has 0 amide bonds. The summed E-state index contributed by atoms with van der Waals surface area (Å²) in [5.74, 6) is 0. The summed E-state index contributed by atoms with van der Waals surface area (Å²) in [5, 5.41) is 68.0. The van der Waals surface area contributed by atoms with E-state index in [2.05, 4.69) is 4.52 Å². The van der Waals surface area contributed by atoms with E-state index >= 15 is 0 Å². The lowest BCUT2D eigenvalue weighted by Crippen LogP contribution is -2.64. The number of aliphatic hydroxyl groups is 7. The van der Waals surface area contributed by atoms with Crippen molar-refractivity contribution < 1.29 is 68.8 Å². The van der Waals surface area contributed by atoms with Crippen molar-refractivity contribution in [3.8, 4) is 0 Å². The molecule has 10 atom stereocenters. The van der Waals surface area contributed by atoms with E-state index < -0.39 is 82.4 Å². The van der Waals surface area contributed by atoms with E-state index in [4.69, 9.17) is 29.1 Å². The Morgan fingerprint density at radius 2 is 1.26 bits per heavy atom. The third-order valence-corrected chi connectivity index (χ3v) is 4.68.